The average Bonchev–Trinajstić information content (AvgIpc) is 2.55. The molecular weight excluding hydrogens is 172 g/mol. The lowest BCUT2D eigenvalue weighted by atomic mass is 10.5. The molecule has 1 aromatic rings. The highest BCUT2D eigenvalue weighted by molar-refractivity contribution is 7.80. The van der Waals surface area contributed by atoms with Crippen molar-refractivity contribution in [1.29, 1.82) is 0 Å². The summed E-state index contributed by atoms with van der Waals surface area (Å²) in [6, 6.07) is 0. The summed E-state index contributed by atoms with van der Waals surface area (Å²) in [6.45, 7) is 4.32. The van der Waals surface area contributed by atoms with Crippen molar-refractivity contribution >= 4 is 17.2 Å². The number of H-pyrrole nitrogens is 1. The molecule has 0 saturated carbocycles. The molecule has 0 aliphatic rings. The quantitative estimate of drug-likeness (QED) is 0.549. The Morgan fingerprint density at radius 2 is 2.67 bits per heavy atom. The lowest BCUT2D eigenvalue weighted by Gasteiger charge is -2.15. The smallest absolute Gasteiger partial charge is 0.183 e. The van der Waals surface area contributed by atoms with Crippen LogP contribution in [0.4, 0.5) is 0 Å². The molecule has 0 saturated heterocycles. The van der Waals surface area contributed by atoms with Gasteiger partial charge in [-0.25, -0.2) is 4.98 Å². The molecule has 0 aromatic carbocycles. The van der Waals surface area contributed by atoms with E-state index < -0.39 is 0 Å². The van der Waals surface area contributed by atoms with Gasteiger partial charge in [0.25, 0.3) is 0 Å². The van der Waals surface area contributed by atoms with Crippen molar-refractivity contribution in [2.75, 3.05) is 13.6 Å². The third kappa shape index (κ3) is 1.88. The molecule has 1 aromatic heterocycles. The van der Waals surface area contributed by atoms with Gasteiger partial charge in [0.1, 0.15) is 11.3 Å². The summed E-state index contributed by atoms with van der Waals surface area (Å²) in [5, 5.41) is 6.41. The number of nitrogens with zero attached hydrogens (tertiary/aromatic N) is 3. The molecule has 0 unspecified atom stereocenters. The second-order valence-electron chi connectivity index (χ2n) is 2.31. The zero-order chi connectivity index (χ0) is 8.97. The van der Waals surface area contributed by atoms with Gasteiger partial charge in [0, 0.05) is 13.6 Å². The van der Waals surface area contributed by atoms with Gasteiger partial charge >= 0.3 is 0 Å². The Labute approximate surface area is 76.3 Å². The molecule has 4 nitrogen and oxygen atoms in total. The molecule has 1 N–H and O–H groups in total. The average molecular weight is 182 g/mol. The summed E-state index contributed by atoms with van der Waals surface area (Å²) >= 11 is 5.11. The molecule has 0 fully saturated rings. The van der Waals surface area contributed by atoms with Crippen LogP contribution in [0.5, 0.6) is 0 Å². The van der Waals surface area contributed by atoms with Crippen LogP contribution in [0.15, 0.2) is 19.0 Å². The molecule has 0 atom stereocenters. The van der Waals surface area contributed by atoms with Crippen molar-refractivity contribution < 1.29 is 0 Å². The first kappa shape index (κ1) is 8.86. The van der Waals surface area contributed by atoms with E-state index in [2.05, 4.69) is 21.8 Å². The van der Waals surface area contributed by atoms with Crippen LogP contribution >= 0.6 is 12.2 Å². The van der Waals surface area contributed by atoms with Crippen molar-refractivity contribution in [3.63, 3.8) is 0 Å². The van der Waals surface area contributed by atoms with Crippen LogP contribution in [0.2, 0.25) is 0 Å². The second-order valence-corrected chi connectivity index (χ2v) is 2.70. The van der Waals surface area contributed by atoms with Crippen LogP contribution in [0.1, 0.15) is 5.82 Å². The summed E-state index contributed by atoms with van der Waals surface area (Å²) in [5.74, 6) is 0.620. The van der Waals surface area contributed by atoms with Gasteiger partial charge in [-0.15, -0.1) is 6.58 Å². The molecule has 0 bridgehead atoms. The summed E-state index contributed by atoms with van der Waals surface area (Å²) in [5.41, 5.74) is 0. The van der Waals surface area contributed by atoms with Crippen LogP contribution < -0.4 is 0 Å². The summed E-state index contributed by atoms with van der Waals surface area (Å²) in [4.78, 5) is 6.45. The molecule has 0 amide bonds. The van der Waals surface area contributed by atoms with Crippen molar-refractivity contribution in [1.82, 2.24) is 20.1 Å². The largest absolute Gasteiger partial charge is 0.359 e. The summed E-state index contributed by atoms with van der Waals surface area (Å²) in [7, 11) is 1.88. The van der Waals surface area contributed by atoms with Gasteiger partial charge < -0.3 is 4.90 Å². The van der Waals surface area contributed by atoms with E-state index in [9.17, 15) is 0 Å². The number of rotatable bonds is 3. The number of likely N-dealkylation sites (N-methyl/N-ethyl adjacent to an activating group) is 1. The number of aromatic nitrogens is 3. The second kappa shape index (κ2) is 3.96. The van der Waals surface area contributed by atoms with Gasteiger partial charge in [-0.3, -0.25) is 5.10 Å². The first-order valence-electron chi connectivity index (χ1n) is 3.47. The Balaban J connectivity index is 2.65. The number of hydrogen-bond acceptors (Lipinski definition) is 3. The molecule has 0 aliphatic carbocycles. The van der Waals surface area contributed by atoms with Gasteiger partial charge in [-0.2, -0.15) is 5.10 Å². The fourth-order valence-electron chi connectivity index (χ4n) is 0.766. The zero-order valence-electron chi connectivity index (χ0n) is 6.82. The van der Waals surface area contributed by atoms with Gasteiger partial charge in [0.2, 0.25) is 0 Å². The van der Waals surface area contributed by atoms with Crippen molar-refractivity contribution in [3.8, 4) is 0 Å². The molecule has 64 valence electrons. The SMILES string of the molecule is C=CCN(C)C(=S)c1ncn[nH]1. The first-order chi connectivity index (χ1) is 5.75. The standard InChI is InChI=1S/C7H10N4S/c1-3-4-11(2)7(12)6-8-5-9-10-6/h3,5H,1,4H2,2H3,(H,8,9,10). The van der Waals surface area contributed by atoms with E-state index in [1.807, 2.05) is 11.9 Å². The maximum absolute atomic E-state index is 5.11. The summed E-state index contributed by atoms with van der Waals surface area (Å²) in [6.07, 6.45) is 3.21. The van der Waals surface area contributed by atoms with Crippen LogP contribution in [-0.4, -0.2) is 38.7 Å². The van der Waals surface area contributed by atoms with Gasteiger partial charge in [-0.1, -0.05) is 18.3 Å². The van der Waals surface area contributed by atoms with E-state index >= 15 is 0 Å². The highest BCUT2D eigenvalue weighted by atomic mass is 32.1. The summed E-state index contributed by atoms with van der Waals surface area (Å²) < 4.78 is 0. The molecule has 1 rings (SSSR count). The molecule has 1 heterocycles. The molecule has 0 spiro atoms. The number of aromatic amines is 1. The Morgan fingerprint density at radius 3 is 3.17 bits per heavy atom. The highest BCUT2D eigenvalue weighted by Gasteiger charge is 2.07. The van der Waals surface area contributed by atoms with Gasteiger partial charge in [-0.05, 0) is 0 Å². The van der Waals surface area contributed by atoms with E-state index in [4.69, 9.17) is 12.2 Å². The van der Waals surface area contributed by atoms with E-state index in [0.29, 0.717) is 17.4 Å². The molecule has 0 aliphatic heterocycles. The third-order valence-corrected chi connectivity index (χ3v) is 1.87. The normalized spacial score (nSPS) is 9.42. The lowest BCUT2D eigenvalue weighted by molar-refractivity contribution is 0.573. The minimum absolute atomic E-state index is 0.620. The van der Waals surface area contributed by atoms with Gasteiger partial charge in [0.05, 0.1) is 0 Å². The minimum Gasteiger partial charge on any atom is -0.359 e. The number of hydrogen-bond donors (Lipinski definition) is 1. The van der Waals surface area contributed by atoms with Crippen LogP contribution in [0.3, 0.4) is 0 Å². The van der Waals surface area contributed by atoms with E-state index in [-0.39, 0.29) is 0 Å². The maximum atomic E-state index is 5.11. The van der Waals surface area contributed by atoms with Crippen molar-refractivity contribution in [2.45, 2.75) is 0 Å². The Kier molecular flexibility index (Phi) is 2.93. The number of nitrogens with one attached hydrogen (secondary N) is 1. The monoisotopic (exact) mass is 182 g/mol. The Morgan fingerprint density at radius 1 is 1.92 bits per heavy atom. The number of thiocarbonyl (C=S) groups is 1. The first-order valence-corrected chi connectivity index (χ1v) is 3.88. The molecule has 12 heavy (non-hydrogen) atoms. The highest BCUT2D eigenvalue weighted by Crippen LogP contribution is 1.96. The van der Waals surface area contributed by atoms with E-state index in [1.165, 1.54) is 6.33 Å². The fourth-order valence-corrected chi connectivity index (χ4v) is 0.939. The zero-order valence-corrected chi connectivity index (χ0v) is 7.64. The molecular formula is C7H10N4S. The van der Waals surface area contributed by atoms with Crippen LogP contribution in [0.25, 0.3) is 0 Å². The maximum Gasteiger partial charge on any atom is 0.183 e. The van der Waals surface area contributed by atoms with Crippen LogP contribution in [-0.2, 0) is 0 Å². The third-order valence-electron chi connectivity index (χ3n) is 1.37. The van der Waals surface area contributed by atoms with Crippen LogP contribution in [0, 0.1) is 0 Å². The fraction of sp³-hybridized carbons (Fsp3) is 0.286. The van der Waals surface area contributed by atoms with Crippen molar-refractivity contribution in [2.24, 2.45) is 0 Å². The Hall–Kier alpha value is -1.23. The minimum atomic E-state index is 0.620. The molecule has 0 radical (unpaired) electrons. The predicted octanol–water partition coefficient (Wildman–Crippen LogP) is 0.598. The van der Waals surface area contributed by atoms with Gasteiger partial charge in [0.15, 0.2) is 5.82 Å². The van der Waals surface area contributed by atoms with E-state index in [0.717, 1.165) is 0 Å². The van der Waals surface area contributed by atoms with E-state index in [1.54, 1.807) is 6.08 Å². The topological polar surface area (TPSA) is 44.8 Å². The lowest BCUT2D eigenvalue weighted by Crippen LogP contribution is -2.26. The van der Waals surface area contributed by atoms with Crippen molar-refractivity contribution in [3.05, 3.63) is 24.8 Å². The predicted molar refractivity (Wildman–Crippen MR) is 50.9 cm³/mol. The Bertz CT molecular complexity index is 267. The molecule has 5 heteroatoms.